The molecule has 1 aliphatic rings. The Kier molecular flexibility index (Phi) is 5.86. The average Bonchev–Trinajstić information content (AvgIpc) is 3.19. The van der Waals surface area contributed by atoms with Crippen LogP contribution in [0, 0.1) is 0 Å². The number of anilines is 2. The van der Waals surface area contributed by atoms with Gasteiger partial charge in [-0.15, -0.1) is 0 Å². The maximum absolute atomic E-state index is 12.9. The van der Waals surface area contributed by atoms with Crippen molar-refractivity contribution in [2.24, 2.45) is 0 Å². The van der Waals surface area contributed by atoms with Crippen LogP contribution in [-0.2, 0) is 0 Å². The van der Waals surface area contributed by atoms with E-state index in [-0.39, 0.29) is 0 Å². The van der Waals surface area contributed by atoms with Gasteiger partial charge in [0, 0.05) is 37.6 Å². The lowest BCUT2D eigenvalue weighted by Crippen LogP contribution is -2.46. The van der Waals surface area contributed by atoms with Gasteiger partial charge in [0.1, 0.15) is 12.1 Å². The summed E-state index contributed by atoms with van der Waals surface area (Å²) in [5.74, 6) is 0.824. The highest BCUT2D eigenvalue weighted by Gasteiger charge is 2.39. The Hall–Kier alpha value is -3.43. The van der Waals surface area contributed by atoms with Crippen molar-refractivity contribution in [1.29, 1.82) is 0 Å². The smallest absolute Gasteiger partial charge is 0.410 e. The van der Waals surface area contributed by atoms with Crippen molar-refractivity contribution < 1.29 is 17.9 Å². The summed E-state index contributed by atoms with van der Waals surface area (Å²) in [4.78, 5) is 16.9. The molecule has 0 amide bonds. The van der Waals surface area contributed by atoms with Crippen LogP contribution in [0.4, 0.5) is 24.5 Å². The molecule has 1 saturated heterocycles. The summed E-state index contributed by atoms with van der Waals surface area (Å²) in [6.45, 7) is 4.28. The third-order valence-electron chi connectivity index (χ3n) is 5.74. The van der Waals surface area contributed by atoms with Crippen molar-refractivity contribution in [3.05, 3.63) is 65.3 Å². The molecule has 4 rings (SSSR count). The van der Waals surface area contributed by atoms with Gasteiger partial charge in [-0.05, 0) is 55.5 Å². The first-order valence-corrected chi connectivity index (χ1v) is 10.2. The van der Waals surface area contributed by atoms with E-state index >= 15 is 0 Å². The van der Waals surface area contributed by atoms with E-state index in [0.717, 1.165) is 61.1 Å². The van der Waals surface area contributed by atoms with E-state index in [1.807, 2.05) is 36.4 Å². The first-order valence-electron chi connectivity index (χ1n) is 10.2. The Morgan fingerprint density at radius 1 is 0.875 bits per heavy atom. The van der Waals surface area contributed by atoms with Gasteiger partial charge in [0.15, 0.2) is 6.04 Å². The lowest BCUT2D eigenvalue weighted by molar-refractivity contribution is -0.166. The van der Waals surface area contributed by atoms with E-state index in [1.165, 1.54) is 0 Å². The van der Waals surface area contributed by atoms with Gasteiger partial charge in [0.2, 0.25) is 0 Å². The van der Waals surface area contributed by atoms with Crippen LogP contribution in [0.5, 0.6) is 5.75 Å². The van der Waals surface area contributed by atoms with Gasteiger partial charge in [-0.3, -0.25) is 0 Å². The van der Waals surface area contributed by atoms with Crippen LogP contribution < -0.4 is 20.2 Å². The maximum atomic E-state index is 12.9. The Morgan fingerprint density at radius 2 is 1.34 bits per heavy atom. The lowest BCUT2D eigenvalue weighted by atomic mass is 10.2. The molecule has 0 N–H and O–H groups in total. The number of benzene rings is 2. The van der Waals surface area contributed by atoms with E-state index in [4.69, 9.17) is 4.74 Å². The van der Waals surface area contributed by atoms with Crippen molar-refractivity contribution in [1.82, 2.24) is 14.3 Å². The van der Waals surface area contributed by atoms with Crippen LogP contribution in [-0.4, -0.2) is 53.8 Å². The minimum Gasteiger partial charge on any atom is -0.497 e. The van der Waals surface area contributed by atoms with E-state index in [1.54, 1.807) is 19.2 Å². The van der Waals surface area contributed by atoms with E-state index in [9.17, 15) is 18.0 Å². The molecular formula is C22H24F3N5O2. The lowest BCUT2D eigenvalue weighted by Gasteiger charge is -2.37. The molecule has 0 radical (unpaired) electrons. The standard InChI is InChI=1S/C22H24F3N5O2/c1-16(22(23,24)25)30-21(31)29(15-26-30)19-5-3-17(4-6-19)27-11-13-28(14-12-27)18-7-9-20(32-2)10-8-18/h3-10,15-16H,11-14H2,1-2H3. The number of methoxy groups -OCH3 is 1. The van der Waals surface area contributed by atoms with Crippen molar-refractivity contribution in [3.63, 3.8) is 0 Å². The Labute approximate surface area is 183 Å². The largest absolute Gasteiger partial charge is 0.497 e. The predicted molar refractivity (Wildman–Crippen MR) is 116 cm³/mol. The molecule has 170 valence electrons. The second kappa shape index (κ2) is 8.60. The molecule has 10 heteroatoms. The van der Waals surface area contributed by atoms with Gasteiger partial charge in [0.05, 0.1) is 12.8 Å². The Bertz CT molecular complexity index is 1100. The van der Waals surface area contributed by atoms with E-state index < -0.39 is 17.9 Å². The number of piperazine rings is 1. The maximum Gasteiger partial charge on any atom is 0.410 e. The summed E-state index contributed by atoms with van der Waals surface area (Å²) >= 11 is 0. The summed E-state index contributed by atoms with van der Waals surface area (Å²) in [5.41, 5.74) is 1.78. The second-order valence-corrected chi connectivity index (χ2v) is 7.63. The minimum atomic E-state index is -4.54. The van der Waals surface area contributed by atoms with Gasteiger partial charge in [-0.25, -0.2) is 14.0 Å². The predicted octanol–water partition coefficient (Wildman–Crippen LogP) is 3.49. The number of hydrogen-bond acceptors (Lipinski definition) is 5. The van der Waals surface area contributed by atoms with Crippen molar-refractivity contribution in [2.75, 3.05) is 43.1 Å². The van der Waals surface area contributed by atoms with Gasteiger partial charge < -0.3 is 14.5 Å². The molecule has 32 heavy (non-hydrogen) atoms. The zero-order chi connectivity index (χ0) is 22.9. The molecular weight excluding hydrogens is 423 g/mol. The second-order valence-electron chi connectivity index (χ2n) is 7.63. The molecule has 1 aromatic heterocycles. The first kappa shape index (κ1) is 21.8. The normalized spacial score (nSPS) is 15.7. The van der Waals surface area contributed by atoms with Crippen LogP contribution in [0.1, 0.15) is 13.0 Å². The van der Waals surface area contributed by atoms with E-state index in [2.05, 4.69) is 14.9 Å². The summed E-state index contributed by atoms with van der Waals surface area (Å²) in [5, 5.41) is 3.64. The van der Waals surface area contributed by atoms with Gasteiger partial charge in [0.25, 0.3) is 0 Å². The SMILES string of the molecule is COc1ccc(N2CCN(c3ccc(-n4cnn(C(C)C(F)(F)F)c4=O)cc3)CC2)cc1. The molecule has 1 atom stereocenters. The van der Waals surface area contributed by atoms with Gasteiger partial charge in [-0.1, -0.05) is 0 Å². The van der Waals surface area contributed by atoms with Crippen LogP contribution >= 0.6 is 0 Å². The molecule has 0 bridgehead atoms. The van der Waals surface area contributed by atoms with Crippen LogP contribution in [0.15, 0.2) is 59.7 Å². The molecule has 0 aliphatic carbocycles. The molecule has 1 fully saturated rings. The monoisotopic (exact) mass is 447 g/mol. The highest BCUT2D eigenvalue weighted by Crippen LogP contribution is 2.28. The number of alkyl halides is 3. The molecule has 3 aromatic rings. The van der Waals surface area contributed by atoms with E-state index in [0.29, 0.717) is 10.4 Å². The number of rotatable bonds is 5. The fourth-order valence-corrected chi connectivity index (χ4v) is 3.74. The topological polar surface area (TPSA) is 55.5 Å². The first-order chi connectivity index (χ1) is 15.3. The molecule has 2 aromatic carbocycles. The minimum absolute atomic E-state index is 0.451. The number of halogens is 3. The molecule has 0 saturated carbocycles. The quantitative estimate of drug-likeness (QED) is 0.600. The fourth-order valence-electron chi connectivity index (χ4n) is 3.74. The van der Waals surface area contributed by atoms with Crippen molar-refractivity contribution >= 4 is 11.4 Å². The van der Waals surface area contributed by atoms with Crippen LogP contribution in [0.3, 0.4) is 0 Å². The summed E-state index contributed by atoms with van der Waals surface area (Å²) in [6, 6.07) is 13.2. The highest BCUT2D eigenvalue weighted by molar-refractivity contribution is 5.54. The fraction of sp³-hybridized carbons (Fsp3) is 0.364. The van der Waals surface area contributed by atoms with Crippen molar-refractivity contribution in [3.8, 4) is 11.4 Å². The molecule has 1 unspecified atom stereocenters. The highest BCUT2D eigenvalue weighted by atomic mass is 19.4. The number of aromatic nitrogens is 3. The Balaban J connectivity index is 1.43. The van der Waals surface area contributed by atoms with Crippen LogP contribution in [0.2, 0.25) is 0 Å². The molecule has 2 heterocycles. The zero-order valence-electron chi connectivity index (χ0n) is 17.8. The summed E-state index contributed by atoms with van der Waals surface area (Å²) in [6.07, 6.45) is -3.42. The number of hydrogen-bond donors (Lipinski definition) is 0. The third kappa shape index (κ3) is 4.30. The molecule has 1 aliphatic heterocycles. The zero-order valence-corrected chi connectivity index (χ0v) is 17.8. The number of ether oxygens (including phenoxy) is 1. The summed E-state index contributed by atoms with van der Waals surface area (Å²) in [7, 11) is 1.64. The molecule has 0 spiro atoms. The van der Waals surface area contributed by atoms with Gasteiger partial charge >= 0.3 is 11.9 Å². The summed E-state index contributed by atoms with van der Waals surface area (Å²) < 4.78 is 45.6. The number of nitrogens with zero attached hydrogens (tertiary/aromatic N) is 5. The average molecular weight is 447 g/mol. The third-order valence-corrected chi connectivity index (χ3v) is 5.74. The van der Waals surface area contributed by atoms with Crippen LogP contribution in [0.25, 0.3) is 5.69 Å². The van der Waals surface area contributed by atoms with Gasteiger partial charge in [-0.2, -0.15) is 18.3 Å². The molecule has 7 nitrogen and oxygen atoms in total. The van der Waals surface area contributed by atoms with Crippen molar-refractivity contribution in [2.45, 2.75) is 19.1 Å². The Morgan fingerprint density at radius 3 is 1.81 bits per heavy atom.